The van der Waals surface area contributed by atoms with Gasteiger partial charge in [0.05, 0.1) is 12.7 Å². The lowest BCUT2D eigenvalue weighted by atomic mass is 10.2. The smallest absolute Gasteiger partial charge is 0.0861 e. The minimum absolute atomic E-state index is 0.134. The normalized spacial score (nSPS) is 15.7. The summed E-state index contributed by atoms with van der Waals surface area (Å²) >= 11 is 1.69. The van der Waals surface area contributed by atoms with E-state index in [1.165, 1.54) is 12.8 Å². The van der Waals surface area contributed by atoms with Crippen LogP contribution in [0.2, 0.25) is 0 Å². The highest BCUT2D eigenvalue weighted by Crippen LogP contribution is 2.08. The molecule has 2 unspecified atom stereocenters. The van der Waals surface area contributed by atoms with Crippen molar-refractivity contribution in [2.75, 3.05) is 25.2 Å². The average Bonchev–Trinajstić information content (AvgIpc) is 2.16. The monoisotopic (exact) mass is 207 g/mol. The van der Waals surface area contributed by atoms with Crippen molar-refractivity contribution < 1.29 is 10.2 Å². The zero-order chi connectivity index (χ0) is 10.1. The average molecular weight is 207 g/mol. The molecule has 0 radical (unpaired) electrons. The van der Waals surface area contributed by atoms with E-state index in [2.05, 4.69) is 12.2 Å². The molecule has 0 heterocycles. The summed E-state index contributed by atoms with van der Waals surface area (Å²) in [7, 11) is 1.96. The second-order valence-corrected chi connectivity index (χ2v) is 4.22. The topological polar surface area (TPSA) is 52.5 Å². The first kappa shape index (κ1) is 13.2. The van der Waals surface area contributed by atoms with Gasteiger partial charge in [-0.1, -0.05) is 13.3 Å². The quantitative estimate of drug-likeness (QED) is 0.541. The molecule has 0 saturated heterocycles. The molecule has 13 heavy (non-hydrogen) atoms. The maximum Gasteiger partial charge on any atom is 0.0861 e. The summed E-state index contributed by atoms with van der Waals surface area (Å²) in [4.78, 5) is 0. The lowest BCUT2D eigenvalue weighted by Crippen LogP contribution is -2.28. The number of nitrogens with one attached hydrogen (secondary N) is 1. The van der Waals surface area contributed by atoms with Gasteiger partial charge in [-0.05, 0) is 13.5 Å². The molecule has 3 N–H and O–H groups in total. The summed E-state index contributed by atoms with van der Waals surface area (Å²) in [5.41, 5.74) is 0. The molecular weight excluding hydrogens is 186 g/mol. The Kier molecular flexibility index (Phi) is 8.97. The predicted molar refractivity (Wildman–Crippen MR) is 58.2 cm³/mol. The van der Waals surface area contributed by atoms with E-state index in [1.54, 1.807) is 11.8 Å². The van der Waals surface area contributed by atoms with E-state index in [4.69, 9.17) is 10.2 Å². The van der Waals surface area contributed by atoms with Crippen LogP contribution in [0.4, 0.5) is 0 Å². The third-order valence-corrected chi connectivity index (χ3v) is 3.14. The van der Waals surface area contributed by atoms with Crippen LogP contribution in [0.1, 0.15) is 19.8 Å². The Balaban J connectivity index is 3.37. The van der Waals surface area contributed by atoms with Crippen LogP contribution >= 0.6 is 11.8 Å². The zero-order valence-corrected chi connectivity index (χ0v) is 9.31. The molecule has 3 nitrogen and oxygen atoms in total. The molecule has 0 aliphatic carbocycles. The van der Waals surface area contributed by atoms with Crippen LogP contribution in [0.3, 0.4) is 0 Å². The minimum atomic E-state index is -0.566. The summed E-state index contributed by atoms with van der Waals surface area (Å²) in [6.45, 7) is 2.03. The fourth-order valence-corrected chi connectivity index (χ4v) is 2.19. The SMILES string of the molecule is CCCC(CSCC(O)CO)NC. The van der Waals surface area contributed by atoms with Crippen molar-refractivity contribution in [2.45, 2.75) is 31.9 Å². The van der Waals surface area contributed by atoms with E-state index >= 15 is 0 Å². The summed E-state index contributed by atoms with van der Waals surface area (Å²) in [5, 5.41) is 20.9. The van der Waals surface area contributed by atoms with Crippen molar-refractivity contribution in [1.29, 1.82) is 0 Å². The molecule has 0 aromatic heterocycles. The van der Waals surface area contributed by atoms with Crippen molar-refractivity contribution in [2.24, 2.45) is 0 Å². The van der Waals surface area contributed by atoms with Crippen LogP contribution in [-0.4, -0.2) is 47.5 Å². The van der Waals surface area contributed by atoms with Crippen molar-refractivity contribution in [1.82, 2.24) is 5.32 Å². The van der Waals surface area contributed by atoms with Crippen LogP contribution in [0.25, 0.3) is 0 Å². The first-order valence-corrected chi connectivity index (χ1v) is 5.94. The van der Waals surface area contributed by atoms with E-state index in [9.17, 15) is 0 Å². The molecular formula is C9H21NO2S. The molecule has 0 fully saturated rings. The van der Waals surface area contributed by atoms with Crippen LogP contribution in [0.5, 0.6) is 0 Å². The largest absolute Gasteiger partial charge is 0.394 e. The minimum Gasteiger partial charge on any atom is -0.394 e. The second-order valence-electron chi connectivity index (χ2n) is 3.15. The van der Waals surface area contributed by atoms with Gasteiger partial charge in [-0.2, -0.15) is 11.8 Å². The van der Waals surface area contributed by atoms with Crippen molar-refractivity contribution in [3.63, 3.8) is 0 Å². The Morgan fingerprint density at radius 2 is 2.08 bits per heavy atom. The zero-order valence-electron chi connectivity index (χ0n) is 8.49. The van der Waals surface area contributed by atoms with Crippen LogP contribution < -0.4 is 5.32 Å². The molecule has 0 spiro atoms. The predicted octanol–water partition coefficient (Wildman–Crippen LogP) is 0.461. The third kappa shape index (κ3) is 7.31. The Bertz CT molecular complexity index is 114. The van der Waals surface area contributed by atoms with Gasteiger partial charge in [-0.25, -0.2) is 0 Å². The number of aliphatic hydroxyl groups is 2. The second kappa shape index (κ2) is 8.81. The highest BCUT2D eigenvalue weighted by atomic mass is 32.2. The first-order chi connectivity index (χ1) is 6.24. The van der Waals surface area contributed by atoms with E-state index in [-0.39, 0.29) is 6.61 Å². The maximum atomic E-state index is 9.08. The first-order valence-electron chi connectivity index (χ1n) is 4.78. The van der Waals surface area contributed by atoms with E-state index in [1.807, 2.05) is 7.05 Å². The van der Waals surface area contributed by atoms with Gasteiger partial charge in [0, 0.05) is 17.5 Å². The number of thioether (sulfide) groups is 1. The van der Waals surface area contributed by atoms with Crippen molar-refractivity contribution in [3.8, 4) is 0 Å². The van der Waals surface area contributed by atoms with E-state index in [0.717, 1.165) is 5.75 Å². The molecule has 0 rings (SSSR count). The molecule has 0 amide bonds. The van der Waals surface area contributed by atoms with E-state index < -0.39 is 6.10 Å². The lowest BCUT2D eigenvalue weighted by Gasteiger charge is -2.15. The molecule has 0 aromatic rings. The van der Waals surface area contributed by atoms with Crippen LogP contribution in [-0.2, 0) is 0 Å². The Morgan fingerprint density at radius 3 is 2.54 bits per heavy atom. The molecule has 0 aromatic carbocycles. The fourth-order valence-electron chi connectivity index (χ4n) is 1.06. The number of rotatable bonds is 8. The highest BCUT2D eigenvalue weighted by molar-refractivity contribution is 7.99. The Morgan fingerprint density at radius 1 is 1.38 bits per heavy atom. The van der Waals surface area contributed by atoms with Crippen LogP contribution in [0.15, 0.2) is 0 Å². The molecule has 80 valence electrons. The van der Waals surface area contributed by atoms with Gasteiger partial charge in [-0.3, -0.25) is 0 Å². The lowest BCUT2D eigenvalue weighted by molar-refractivity contribution is 0.113. The van der Waals surface area contributed by atoms with Crippen molar-refractivity contribution >= 4 is 11.8 Å². The Hall–Kier alpha value is 0.230. The Labute approximate surface area is 84.9 Å². The van der Waals surface area contributed by atoms with Gasteiger partial charge in [0.15, 0.2) is 0 Å². The van der Waals surface area contributed by atoms with Crippen LogP contribution in [0, 0.1) is 0 Å². The molecule has 4 heteroatoms. The van der Waals surface area contributed by atoms with Gasteiger partial charge >= 0.3 is 0 Å². The third-order valence-electron chi connectivity index (χ3n) is 1.89. The molecule has 0 aliphatic heterocycles. The van der Waals surface area contributed by atoms with Gasteiger partial charge in [0.2, 0.25) is 0 Å². The van der Waals surface area contributed by atoms with Gasteiger partial charge in [0.25, 0.3) is 0 Å². The van der Waals surface area contributed by atoms with Crippen molar-refractivity contribution in [3.05, 3.63) is 0 Å². The number of aliphatic hydroxyl groups excluding tert-OH is 2. The van der Waals surface area contributed by atoms with Gasteiger partial charge < -0.3 is 15.5 Å². The molecule has 0 saturated carbocycles. The van der Waals surface area contributed by atoms with E-state index in [0.29, 0.717) is 11.8 Å². The standard InChI is InChI=1S/C9H21NO2S/c1-3-4-8(10-2)6-13-7-9(12)5-11/h8-12H,3-7H2,1-2H3. The van der Waals surface area contributed by atoms with Gasteiger partial charge in [0.1, 0.15) is 0 Å². The molecule has 0 bridgehead atoms. The summed E-state index contributed by atoms with van der Waals surface area (Å²) in [5.74, 6) is 1.62. The molecule has 0 aliphatic rings. The summed E-state index contributed by atoms with van der Waals surface area (Å²) in [6, 6.07) is 0.529. The fraction of sp³-hybridized carbons (Fsp3) is 1.00. The number of hydrogen-bond acceptors (Lipinski definition) is 4. The van der Waals surface area contributed by atoms with Gasteiger partial charge in [-0.15, -0.1) is 0 Å². The maximum absolute atomic E-state index is 9.08. The number of hydrogen-bond donors (Lipinski definition) is 3. The summed E-state index contributed by atoms with van der Waals surface area (Å²) in [6.07, 6.45) is 1.77. The molecule has 2 atom stereocenters. The highest BCUT2D eigenvalue weighted by Gasteiger charge is 2.06. The summed E-state index contributed by atoms with van der Waals surface area (Å²) < 4.78 is 0.